The van der Waals surface area contributed by atoms with Crippen molar-refractivity contribution in [2.75, 3.05) is 0 Å². The van der Waals surface area contributed by atoms with E-state index in [1.54, 1.807) is 0 Å². The predicted molar refractivity (Wildman–Crippen MR) is 142 cm³/mol. The van der Waals surface area contributed by atoms with E-state index in [4.69, 9.17) is 13.9 Å². The third-order valence-corrected chi connectivity index (χ3v) is 7.23. The molecule has 1 atom stereocenters. The van der Waals surface area contributed by atoms with Crippen LogP contribution in [0, 0.1) is 0 Å². The monoisotopic (exact) mass is 464 g/mol. The minimum absolute atomic E-state index is 0.771. The van der Waals surface area contributed by atoms with E-state index in [2.05, 4.69) is 72.8 Å². The maximum absolute atomic E-state index is 6.90. The van der Waals surface area contributed by atoms with Crippen molar-refractivity contribution in [2.24, 2.45) is 0 Å². The van der Waals surface area contributed by atoms with Crippen LogP contribution in [-0.4, -0.2) is 0 Å². The number of para-hydroxylation sites is 2. The zero-order valence-electron chi connectivity index (χ0n) is 19.3. The van der Waals surface area contributed by atoms with Crippen LogP contribution in [0.4, 0.5) is 0 Å². The zero-order valence-corrected chi connectivity index (χ0v) is 19.3. The van der Waals surface area contributed by atoms with E-state index in [0.29, 0.717) is 0 Å². The first-order chi connectivity index (χ1) is 17.8. The Balaban J connectivity index is 1.36. The lowest BCUT2D eigenvalue weighted by Crippen LogP contribution is -2.29. The highest BCUT2D eigenvalue weighted by molar-refractivity contribution is 6.05. The summed E-state index contributed by atoms with van der Waals surface area (Å²) in [5.41, 5.74) is 4.17. The Hall–Kier alpha value is -4.76. The van der Waals surface area contributed by atoms with Gasteiger partial charge in [-0.05, 0) is 48.6 Å². The summed E-state index contributed by atoms with van der Waals surface area (Å²) >= 11 is 0. The van der Waals surface area contributed by atoms with Crippen LogP contribution in [-0.2, 0) is 5.60 Å². The SMILES string of the molecule is C1=c2cc3c(cc2Oc2ccccc21)=CC(c1ccccc1)(c1ccc2oc4ccccc4c2c1)O3. The maximum Gasteiger partial charge on any atom is 0.178 e. The highest BCUT2D eigenvalue weighted by Crippen LogP contribution is 2.42. The van der Waals surface area contributed by atoms with Gasteiger partial charge in [0.2, 0.25) is 0 Å². The van der Waals surface area contributed by atoms with Crippen LogP contribution in [0.2, 0.25) is 0 Å². The number of ether oxygens (including phenoxy) is 2. The fourth-order valence-corrected chi connectivity index (χ4v) is 5.49. The minimum atomic E-state index is -0.771. The van der Waals surface area contributed by atoms with Gasteiger partial charge in [-0.25, -0.2) is 0 Å². The number of rotatable bonds is 2. The number of hydrogen-bond donors (Lipinski definition) is 0. The Labute approximate surface area is 207 Å². The molecule has 170 valence electrons. The van der Waals surface area contributed by atoms with Crippen molar-refractivity contribution in [1.82, 2.24) is 0 Å². The summed E-state index contributed by atoms with van der Waals surface area (Å²) in [6, 6.07) is 37.2. The van der Waals surface area contributed by atoms with Crippen molar-refractivity contribution in [3.8, 4) is 17.2 Å². The van der Waals surface area contributed by atoms with Gasteiger partial charge in [0.1, 0.15) is 28.4 Å². The molecule has 6 aromatic rings. The summed E-state index contributed by atoms with van der Waals surface area (Å²) in [4.78, 5) is 0. The van der Waals surface area contributed by atoms with E-state index in [0.717, 1.165) is 66.3 Å². The van der Waals surface area contributed by atoms with Gasteiger partial charge in [-0.2, -0.15) is 0 Å². The molecular formula is C33H20O3. The van der Waals surface area contributed by atoms with E-state index in [1.807, 2.05) is 48.5 Å². The molecule has 0 bridgehead atoms. The van der Waals surface area contributed by atoms with E-state index in [9.17, 15) is 0 Å². The molecule has 0 N–H and O–H groups in total. The summed E-state index contributed by atoms with van der Waals surface area (Å²) in [5, 5.41) is 4.21. The summed E-state index contributed by atoms with van der Waals surface area (Å²) in [6.45, 7) is 0. The van der Waals surface area contributed by atoms with Crippen LogP contribution in [0.25, 0.3) is 34.1 Å². The Bertz CT molecular complexity index is 1950. The molecule has 0 saturated carbocycles. The summed E-state index contributed by atoms with van der Waals surface area (Å²) < 4.78 is 19.3. The fourth-order valence-electron chi connectivity index (χ4n) is 5.49. The molecule has 0 spiro atoms. The van der Waals surface area contributed by atoms with Gasteiger partial charge in [-0.3, -0.25) is 0 Å². The molecule has 0 radical (unpaired) electrons. The van der Waals surface area contributed by atoms with Crippen molar-refractivity contribution >= 4 is 34.1 Å². The highest BCUT2D eigenvalue weighted by Gasteiger charge is 2.39. The number of hydrogen-bond acceptors (Lipinski definition) is 3. The van der Waals surface area contributed by atoms with Gasteiger partial charge in [-0.1, -0.05) is 72.8 Å². The summed E-state index contributed by atoms with van der Waals surface area (Å²) in [5.74, 6) is 2.55. The molecule has 1 aromatic heterocycles. The molecule has 0 saturated heterocycles. The smallest absolute Gasteiger partial charge is 0.178 e. The lowest BCUT2D eigenvalue weighted by molar-refractivity contribution is 0.192. The van der Waals surface area contributed by atoms with Gasteiger partial charge in [0, 0.05) is 37.9 Å². The second kappa shape index (κ2) is 7.12. The molecule has 0 fully saturated rings. The Morgan fingerprint density at radius 2 is 1.31 bits per heavy atom. The second-order valence-corrected chi connectivity index (χ2v) is 9.37. The fraction of sp³-hybridized carbons (Fsp3) is 0.0303. The Morgan fingerprint density at radius 3 is 2.25 bits per heavy atom. The van der Waals surface area contributed by atoms with E-state index in [-0.39, 0.29) is 0 Å². The number of fused-ring (bicyclic) bond motifs is 6. The van der Waals surface area contributed by atoms with Crippen LogP contribution in [0.1, 0.15) is 16.7 Å². The molecule has 0 amide bonds. The van der Waals surface area contributed by atoms with Crippen LogP contribution in [0.15, 0.2) is 114 Å². The standard InChI is InChI=1S/C33H20O3/c1-2-9-24(10-3-1)33(25-14-15-30-27(19-25)26-11-5-7-13-29(26)35-30)20-23-18-31-22(17-32(23)36-33)16-21-8-4-6-12-28(21)34-31/h1-20H. The molecule has 2 aliphatic rings. The van der Waals surface area contributed by atoms with Crippen LogP contribution >= 0.6 is 0 Å². The van der Waals surface area contributed by atoms with E-state index >= 15 is 0 Å². The van der Waals surface area contributed by atoms with Crippen molar-refractivity contribution < 1.29 is 13.9 Å². The largest absolute Gasteiger partial charge is 0.473 e. The third-order valence-electron chi connectivity index (χ3n) is 7.23. The molecule has 1 unspecified atom stereocenters. The average molecular weight is 465 g/mol. The molecule has 0 aliphatic carbocycles. The Morgan fingerprint density at radius 1 is 0.528 bits per heavy atom. The van der Waals surface area contributed by atoms with Crippen LogP contribution < -0.4 is 19.9 Å². The minimum Gasteiger partial charge on any atom is -0.473 e. The third kappa shape index (κ3) is 2.74. The van der Waals surface area contributed by atoms with Crippen molar-refractivity contribution in [1.29, 1.82) is 0 Å². The van der Waals surface area contributed by atoms with Gasteiger partial charge < -0.3 is 13.9 Å². The zero-order chi connectivity index (χ0) is 23.7. The van der Waals surface area contributed by atoms with Crippen molar-refractivity contribution in [3.63, 3.8) is 0 Å². The first kappa shape index (κ1) is 19.5. The quantitative estimate of drug-likeness (QED) is 0.288. The number of benzene rings is 5. The van der Waals surface area contributed by atoms with Gasteiger partial charge in [0.15, 0.2) is 5.60 Å². The van der Waals surface area contributed by atoms with Crippen molar-refractivity contribution in [2.45, 2.75) is 5.60 Å². The first-order valence-electron chi connectivity index (χ1n) is 12.1. The number of furan rings is 1. The van der Waals surface area contributed by atoms with Gasteiger partial charge in [-0.15, -0.1) is 0 Å². The lowest BCUT2D eigenvalue weighted by Gasteiger charge is -2.29. The molecule has 3 nitrogen and oxygen atoms in total. The van der Waals surface area contributed by atoms with Gasteiger partial charge >= 0.3 is 0 Å². The van der Waals surface area contributed by atoms with Crippen LogP contribution in [0.3, 0.4) is 0 Å². The molecule has 8 rings (SSSR count). The average Bonchev–Trinajstić information content (AvgIpc) is 3.49. The summed E-state index contributed by atoms with van der Waals surface area (Å²) in [6.07, 6.45) is 4.37. The van der Waals surface area contributed by atoms with Crippen LogP contribution in [0.5, 0.6) is 17.2 Å². The molecule has 2 aliphatic heterocycles. The summed E-state index contributed by atoms with van der Waals surface area (Å²) in [7, 11) is 0. The molecule has 5 aromatic carbocycles. The van der Waals surface area contributed by atoms with E-state index in [1.165, 1.54) is 0 Å². The normalized spacial score (nSPS) is 17.3. The molecule has 3 heterocycles. The molecular weight excluding hydrogens is 444 g/mol. The Kier molecular flexibility index (Phi) is 3.87. The van der Waals surface area contributed by atoms with E-state index < -0.39 is 5.60 Å². The van der Waals surface area contributed by atoms with Crippen molar-refractivity contribution in [3.05, 3.63) is 136 Å². The molecule has 36 heavy (non-hydrogen) atoms. The first-order valence-corrected chi connectivity index (χ1v) is 12.1. The predicted octanol–water partition coefficient (Wildman–Crippen LogP) is 6.64. The van der Waals surface area contributed by atoms with Gasteiger partial charge in [0.05, 0.1) is 0 Å². The maximum atomic E-state index is 6.90. The second-order valence-electron chi connectivity index (χ2n) is 9.37. The topological polar surface area (TPSA) is 31.6 Å². The van der Waals surface area contributed by atoms with Gasteiger partial charge in [0.25, 0.3) is 0 Å². The molecule has 3 heteroatoms. The highest BCUT2D eigenvalue weighted by atomic mass is 16.5. The lowest BCUT2D eigenvalue weighted by atomic mass is 9.85.